The van der Waals surface area contributed by atoms with Crippen molar-refractivity contribution in [1.82, 2.24) is 0 Å². The molecule has 2 aliphatic rings. The molecule has 8 rings (SSSR count). The van der Waals surface area contributed by atoms with Gasteiger partial charge < -0.3 is 9.80 Å². The van der Waals surface area contributed by atoms with Gasteiger partial charge in [0.15, 0.2) is 0 Å². The second-order valence-corrected chi connectivity index (χ2v) is 14.4. The number of anilines is 6. The van der Waals surface area contributed by atoms with Gasteiger partial charge in [-0.05, 0) is 70.8 Å². The van der Waals surface area contributed by atoms with Gasteiger partial charge in [-0.1, -0.05) is 100 Å². The Kier molecular flexibility index (Phi) is 5.60. The van der Waals surface area contributed by atoms with Crippen molar-refractivity contribution >= 4 is 55.4 Å². The van der Waals surface area contributed by atoms with Crippen LogP contribution in [-0.2, 0) is 10.8 Å². The van der Waals surface area contributed by atoms with Crippen molar-refractivity contribution in [2.24, 2.45) is 0 Å². The van der Waals surface area contributed by atoms with Crippen LogP contribution in [0.2, 0.25) is 0 Å². The smallest absolute Gasteiger partial charge is 0.101 e. The first-order valence-corrected chi connectivity index (χ1v) is 16.2. The number of nitrogens with zero attached hydrogens (tertiary/aromatic N) is 2. The molecule has 42 heavy (non-hydrogen) atoms. The Morgan fingerprint density at radius 1 is 0.381 bits per heavy atom. The van der Waals surface area contributed by atoms with Crippen molar-refractivity contribution in [2.75, 3.05) is 9.80 Å². The second-order valence-electron chi connectivity index (χ2n) is 12.3. The third-order valence-corrected chi connectivity index (χ3v) is 11.5. The number of rotatable bonds is 3. The van der Waals surface area contributed by atoms with Crippen molar-refractivity contribution in [3.63, 3.8) is 0 Å². The molecule has 6 aromatic rings. The Labute approximate surface area is 256 Å². The molecule has 2 aromatic heterocycles. The monoisotopic (exact) mass is 580 g/mol. The lowest BCUT2D eigenvalue weighted by Gasteiger charge is -2.41. The molecule has 206 valence electrons. The van der Waals surface area contributed by atoms with Crippen LogP contribution in [0.5, 0.6) is 0 Å². The maximum absolute atomic E-state index is 2.46. The molecule has 0 N–H and O–H groups in total. The normalized spacial score (nSPS) is 15.9. The summed E-state index contributed by atoms with van der Waals surface area (Å²) in [7, 11) is 0. The molecule has 0 saturated carbocycles. The number of hydrogen-bond acceptors (Lipinski definition) is 4. The summed E-state index contributed by atoms with van der Waals surface area (Å²) in [5, 5.41) is 2.48. The number of hydrogen-bond donors (Lipinski definition) is 0. The zero-order valence-electron chi connectivity index (χ0n) is 24.3. The van der Waals surface area contributed by atoms with Crippen molar-refractivity contribution in [1.29, 1.82) is 0 Å². The molecule has 2 aliphatic heterocycles. The summed E-state index contributed by atoms with van der Waals surface area (Å²) in [5.74, 6) is 0. The molecule has 4 heterocycles. The SMILES string of the molecule is CC1(C)c2ccccc2N(c2ccc(-c3ccc(N4c5ccccc5C(C)(C)c5ccccc54)s3)s2)c2ccccc21. The molecule has 2 nitrogen and oxygen atoms in total. The minimum absolute atomic E-state index is 0.0536. The van der Waals surface area contributed by atoms with E-state index in [1.807, 2.05) is 22.7 Å². The second kappa shape index (κ2) is 9.19. The molecule has 0 unspecified atom stereocenters. The Hall–Kier alpha value is -4.12. The van der Waals surface area contributed by atoms with Gasteiger partial charge in [0.25, 0.3) is 0 Å². The van der Waals surface area contributed by atoms with E-state index >= 15 is 0 Å². The van der Waals surface area contributed by atoms with E-state index in [0.717, 1.165) is 0 Å². The predicted molar refractivity (Wildman–Crippen MR) is 181 cm³/mol. The fourth-order valence-electron chi connectivity index (χ4n) is 6.97. The van der Waals surface area contributed by atoms with E-state index in [2.05, 4.69) is 159 Å². The molecule has 4 heteroatoms. The summed E-state index contributed by atoms with van der Waals surface area (Å²) in [6, 6.07) is 44.7. The highest BCUT2D eigenvalue weighted by molar-refractivity contribution is 7.26. The molecule has 0 fully saturated rings. The topological polar surface area (TPSA) is 6.48 Å². The van der Waals surface area contributed by atoms with Crippen LogP contribution in [0, 0.1) is 0 Å². The maximum atomic E-state index is 2.46. The van der Waals surface area contributed by atoms with Crippen LogP contribution in [-0.4, -0.2) is 0 Å². The van der Waals surface area contributed by atoms with E-state index in [4.69, 9.17) is 0 Å². The van der Waals surface area contributed by atoms with Crippen molar-refractivity contribution in [2.45, 2.75) is 38.5 Å². The van der Waals surface area contributed by atoms with Gasteiger partial charge in [0, 0.05) is 20.6 Å². The lowest BCUT2D eigenvalue weighted by atomic mass is 9.74. The Balaban J connectivity index is 1.21. The Bertz CT molecular complexity index is 1730. The highest BCUT2D eigenvalue weighted by atomic mass is 32.1. The van der Waals surface area contributed by atoms with E-state index in [1.165, 1.54) is 64.8 Å². The molecule has 4 aromatic carbocycles. The van der Waals surface area contributed by atoms with E-state index in [-0.39, 0.29) is 10.8 Å². The van der Waals surface area contributed by atoms with Gasteiger partial charge in [-0.25, -0.2) is 0 Å². The first-order valence-electron chi connectivity index (χ1n) is 14.5. The Morgan fingerprint density at radius 3 is 0.976 bits per heavy atom. The fourth-order valence-corrected chi connectivity index (χ4v) is 9.13. The highest BCUT2D eigenvalue weighted by Crippen LogP contribution is 2.56. The van der Waals surface area contributed by atoms with E-state index < -0.39 is 0 Å². The molecular formula is C38H32N2S2. The summed E-state index contributed by atoms with van der Waals surface area (Å²) in [5.41, 5.74) is 10.4. The van der Waals surface area contributed by atoms with Crippen LogP contribution < -0.4 is 9.80 Å². The molecular weight excluding hydrogens is 549 g/mol. The van der Waals surface area contributed by atoms with Gasteiger partial charge in [0.2, 0.25) is 0 Å². The summed E-state index contributed by atoms with van der Waals surface area (Å²) in [4.78, 5) is 7.50. The van der Waals surface area contributed by atoms with Crippen LogP contribution >= 0.6 is 22.7 Å². The Morgan fingerprint density at radius 2 is 0.667 bits per heavy atom. The molecule has 0 bridgehead atoms. The first kappa shape index (κ1) is 25.6. The van der Waals surface area contributed by atoms with E-state index in [9.17, 15) is 0 Å². The van der Waals surface area contributed by atoms with Crippen molar-refractivity contribution in [3.05, 3.63) is 144 Å². The van der Waals surface area contributed by atoms with Crippen LogP contribution in [0.25, 0.3) is 9.75 Å². The first-order chi connectivity index (χ1) is 20.4. The minimum Gasteiger partial charge on any atom is -0.301 e. The van der Waals surface area contributed by atoms with Gasteiger partial charge >= 0.3 is 0 Å². The summed E-state index contributed by atoms with van der Waals surface area (Å²) >= 11 is 3.74. The number of thiophene rings is 2. The quantitative estimate of drug-likeness (QED) is 0.205. The van der Waals surface area contributed by atoms with Gasteiger partial charge in [-0.3, -0.25) is 0 Å². The molecule has 0 atom stereocenters. The van der Waals surface area contributed by atoms with Gasteiger partial charge in [0.05, 0.1) is 22.7 Å². The number of fused-ring (bicyclic) bond motifs is 4. The number of benzene rings is 4. The van der Waals surface area contributed by atoms with Crippen molar-refractivity contribution < 1.29 is 0 Å². The number of para-hydroxylation sites is 4. The van der Waals surface area contributed by atoms with E-state index in [0.29, 0.717) is 0 Å². The molecule has 0 aliphatic carbocycles. The molecule has 0 saturated heterocycles. The average molecular weight is 581 g/mol. The molecule has 0 amide bonds. The maximum Gasteiger partial charge on any atom is 0.101 e. The van der Waals surface area contributed by atoms with Gasteiger partial charge in [-0.2, -0.15) is 0 Å². The third-order valence-electron chi connectivity index (χ3n) is 9.14. The lowest BCUT2D eigenvalue weighted by Crippen LogP contribution is -2.30. The van der Waals surface area contributed by atoms with Crippen molar-refractivity contribution in [3.8, 4) is 9.75 Å². The van der Waals surface area contributed by atoms with Crippen LogP contribution in [0.3, 0.4) is 0 Å². The minimum atomic E-state index is -0.0536. The standard InChI is InChI=1S/C38H32N2S2/c1-37(2)25-13-5-9-17-29(25)39(30-18-10-6-14-26(30)37)35-23-21-33(41-35)34-22-24-36(42-34)40-31-19-11-7-15-27(31)38(3,4)28-16-8-12-20-32(28)40/h5-24H,1-4H3. The van der Waals surface area contributed by atoms with Gasteiger partial charge in [-0.15, -0.1) is 22.7 Å². The summed E-state index contributed by atoms with van der Waals surface area (Å²) in [6.45, 7) is 9.36. The largest absolute Gasteiger partial charge is 0.301 e. The summed E-state index contributed by atoms with van der Waals surface area (Å²) < 4.78 is 0. The average Bonchev–Trinajstić information content (AvgIpc) is 3.69. The summed E-state index contributed by atoms with van der Waals surface area (Å²) in [6.07, 6.45) is 0. The third kappa shape index (κ3) is 3.62. The van der Waals surface area contributed by atoms with Crippen LogP contribution in [0.4, 0.5) is 32.8 Å². The molecule has 0 spiro atoms. The van der Waals surface area contributed by atoms with Crippen LogP contribution in [0.15, 0.2) is 121 Å². The predicted octanol–water partition coefficient (Wildman–Crippen LogP) is 11.7. The van der Waals surface area contributed by atoms with E-state index in [1.54, 1.807) is 0 Å². The van der Waals surface area contributed by atoms with Gasteiger partial charge in [0.1, 0.15) is 10.0 Å². The van der Waals surface area contributed by atoms with Crippen LogP contribution in [0.1, 0.15) is 49.9 Å². The highest BCUT2D eigenvalue weighted by Gasteiger charge is 2.38. The zero-order valence-corrected chi connectivity index (χ0v) is 25.9. The molecule has 0 radical (unpaired) electrons. The zero-order chi connectivity index (χ0) is 28.6. The fraction of sp³-hybridized carbons (Fsp3) is 0.158. The lowest BCUT2D eigenvalue weighted by molar-refractivity contribution is 0.632.